The van der Waals surface area contributed by atoms with Crippen LogP contribution < -0.4 is 5.73 Å². The summed E-state index contributed by atoms with van der Waals surface area (Å²) in [5, 5.41) is 0. The summed E-state index contributed by atoms with van der Waals surface area (Å²) in [6, 6.07) is 5.90. The Morgan fingerprint density at radius 1 is 1.38 bits per heavy atom. The second-order valence-electron chi connectivity index (χ2n) is 4.06. The quantitative estimate of drug-likeness (QED) is 0.582. The number of pyridine rings is 1. The molecule has 0 saturated heterocycles. The molecule has 0 aliphatic heterocycles. The number of nitrogens with zero attached hydrogens (tertiary/aromatic N) is 1. The van der Waals surface area contributed by atoms with Crippen LogP contribution in [-0.4, -0.2) is 9.97 Å². The van der Waals surface area contributed by atoms with E-state index in [1.54, 1.807) is 6.20 Å². The fourth-order valence-electron chi connectivity index (χ4n) is 1.79. The second kappa shape index (κ2) is 7.34. The molecule has 88 valence electrons. The van der Waals surface area contributed by atoms with Gasteiger partial charge in [-0.1, -0.05) is 50.9 Å². The predicted molar refractivity (Wildman–Crippen MR) is 72.5 cm³/mol. The minimum Gasteiger partial charge on any atom is -0.393 e. The maximum absolute atomic E-state index is 5.77. The van der Waals surface area contributed by atoms with Crippen LogP contribution in [0.2, 0.25) is 0 Å². The monoisotopic (exact) mass is 236 g/mol. The molecule has 0 saturated carbocycles. The summed E-state index contributed by atoms with van der Waals surface area (Å²) in [7, 11) is 0. The minimum atomic E-state index is 0.146. The lowest BCUT2D eigenvalue weighted by Gasteiger charge is -2.14. The number of rotatable bonds is 7. The number of aromatic nitrogens is 1. The first-order valence-electron chi connectivity index (χ1n) is 5.96. The Balaban J connectivity index is 2.52. The van der Waals surface area contributed by atoms with Crippen molar-refractivity contribution in [2.45, 2.75) is 44.9 Å². The summed E-state index contributed by atoms with van der Waals surface area (Å²) in [6.07, 6.45) is 7.78. The summed E-state index contributed by atoms with van der Waals surface area (Å²) >= 11 is 5.11. The zero-order chi connectivity index (χ0) is 11.8. The lowest BCUT2D eigenvalue weighted by atomic mass is 9.97. The summed E-state index contributed by atoms with van der Waals surface area (Å²) in [6.45, 7) is 2.21. The lowest BCUT2D eigenvalue weighted by Crippen LogP contribution is -2.20. The van der Waals surface area contributed by atoms with Gasteiger partial charge in [-0.3, -0.25) is 4.98 Å². The molecule has 2 nitrogen and oxygen atoms in total. The van der Waals surface area contributed by atoms with Crippen molar-refractivity contribution in [1.82, 2.24) is 4.98 Å². The van der Waals surface area contributed by atoms with Gasteiger partial charge in [0.25, 0.3) is 0 Å². The van der Waals surface area contributed by atoms with E-state index in [1.165, 1.54) is 25.7 Å². The van der Waals surface area contributed by atoms with Crippen LogP contribution in [0.25, 0.3) is 0 Å². The first-order valence-corrected chi connectivity index (χ1v) is 6.36. The van der Waals surface area contributed by atoms with Gasteiger partial charge < -0.3 is 5.73 Å². The lowest BCUT2D eigenvalue weighted by molar-refractivity contribution is 0.610. The Bertz CT molecular complexity index is 311. The van der Waals surface area contributed by atoms with Gasteiger partial charge >= 0.3 is 0 Å². The van der Waals surface area contributed by atoms with E-state index >= 15 is 0 Å². The van der Waals surface area contributed by atoms with Crippen LogP contribution in [-0.2, 0) is 0 Å². The molecule has 2 N–H and O–H groups in total. The highest BCUT2D eigenvalue weighted by Gasteiger charge is 2.14. The van der Waals surface area contributed by atoms with E-state index in [0.29, 0.717) is 4.99 Å². The molecule has 0 unspecified atom stereocenters. The third-order valence-corrected chi connectivity index (χ3v) is 3.02. The highest BCUT2D eigenvalue weighted by Crippen LogP contribution is 2.21. The van der Waals surface area contributed by atoms with Crippen LogP contribution >= 0.6 is 12.2 Å². The summed E-state index contributed by atoms with van der Waals surface area (Å²) < 4.78 is 0. The van der Waals surface area contributed by atoms with Crippen molar-refractivity contribution in [2.75, 3.05) is 0 Å². The van der Waals surface area contributed by atoms with Gasteiger partial charge in [-0.05, 0) is 18.6 Å². The fourth-order valence-corrected chi connectivity index (χ4v) is 2.03. The number of nitrogens with two attached hydrogens (primary N) is 1. The molecule has 0 aromatic carbocycles. The third kappa shape index (κ3) is 4.27. The molecule has 3 heteroatoms. The molecule has 0 fully saturated rings. The van der Waals surface area contributed by atoms with Crippen molar-refractivity contribution in [1.29, 1.82) is 0 Å². The van der Waals surface area contributed by atoms with Crippen molar-refractivity contribution in [2.24, 2.45) is 5.73 Å². The number of unbranched alkanes of at least 4 members (excludes halogenated alkanes) is 3. The standard InChI is InChI=1S/C13H20N2S/c1-2-3-4-5-8-11(13(14)16)12-9-6-7-10-15-12/h6-7,9-11H,2-5,8H2,1H3,(H2,14,16)/t11-/m1/s1. The molecule has 1 heterocycles. The van der Waals surface area contributed by atoms with Crippen molar-refractivity contribution in [3.05, 3.63) is 30.1 Å². The van der Waals surface area contributed by atoms with E-state index in [-0.39, 0.29) is 5.92 Å². The van der Waals surface area contributed by atoms with Crippen LogP contribution in [0.5, 0.6) is 0 Å². The van der Waals surface area contributed by atoms with E-state index in [2.05, 4.69) is 11.9 Å². The molecular formula is C13H20N2S. The third-order valence-electron chi connectivity index (χ3n) is 2.73. The van der Waals surface area contributed by atoms with Gasteiger partial charge in [-0.25, -0.2) is 0 Å². The van der Waals surface area contributed by atoms with Gasteiger partial charge in [0.05, 0.1) is 16.6 Å². The maximum Gasteiger partial charge on any atom is 0.0819 e. The van der Waals surface area contributed by atoms with Gasteiger partial charge in [-0.15, -0.1) is 0 Å². The average Bonchev–Trinajstić information content (AvgIpc) is 2.30. The molecular weight excluding hydrogens is 216 g/mol. The predicted octanol–water partition coefficient (Wildman–Crippen LogP) is 3.42. The largest absolute Gasteiger partial charge is 0.393 e. The summed E-state index contributed by atoms with van der Waals surface area (Å²) in [4.78, 5) is 4.90. The number of thiocarbonyl (C=S) groups is 1. The molecule has 0 spiro atoms. The van der Waals surface area contributed by atoms with E-state index in [9.17, 15) is 0 Å². The SMILES string of the molecule is CCCCCC[C@@H](C(N)=S)c1ccccn1. The van der Waals surface area contributed by atoms with Crippen LogP contribution in [0, 0.1) is 0 Å². The van der Waals surface area contributed by atoms with Crippen LogP contribution in [0.4, 0.5) is 0 Å². The van der Waals surface area contributed by atoms with Crippen molar-refractivity contribution in [3.8, 4) is 0 Å². The minimum absolute atomic E-state index is 0.146. The summed E-state index contributed by atoms with van der Waals surface area (Å²) in [5.41, 5.74) is 6.78. The highest BCUT2D eigenvalue weighted by atomic mass is 32.1. The van der Waals surface area contributed by atoms with Gasteiger partial charge in [0.2, 0.25) is 0 Å². The highest BCUT2D eigenvalue weighted by molar-refractivity contribution is 7.80. The molecule has 0 amide bonds. The number of hydrogen-bond acceptors (Lipinski definition) is 2. The van der Waals surface area contributed by atoms with E-state index in [1.807, 2.05) is 18.2 Å². The smallest absolute Gasteiger partial charge is 0.0819 e. The first kappa shape index (κ1) is 13.1. The molecule has 0 aliphatic carbocycles. The molecule has 0 radical (unpaired) electrons. The Hall–Kier alpha value is -0.960. The molecule has 1 aromatic rings. The fraction of sp³-hybridized carbons (Fsp3) is 0.538. The van der Waals surface area contributed by atoms with Crippen molar-refractivity contribution < 1.29 is 0 Å². The van der Waals surface area contributed by atoms with E-state index in [0.717, 1.165) is 12.1 Å². The van der Waals surface area contributed by atoms with Crippen LogP contribution in [0.1, 0.15) is 50.6 Å². The van der Waals surface area contributed by atoms with Gasteiger partial charge in [-0.2, -0.15) is 0 Å². The maximum atomic E-state index is 5.77. The normalized spacial score (nSPS) is 12.3. The van der Waals surface area contributed by atoms with Gasteiger partial charge in [0.1, 0.15) is 0 Å². The Morgan fingerprint density at radius 2 is 2.19 bits per heavy atom. The first-order chi connectivity index (χ1) is 7.75. The second-order valence-corrected chi connectivity index (χ2v) is 4.53. The van der Waals surface area contributed by atoms with E-state index < -0.39 is 0 Å². The molecule has 1 rings (SSSR count). The molecule has 0 bridgehead atoms. The van der Waals surface area contributed by atoms with Gasteiger partial charge in [0, 0.05) is 6.20 Å². The van der Waals surface area contributed by atoms with E-state index in [4.69, 9.17) is 18.0 Å². The zero-order valence-corrected chi connectivity index (χ0v) is 10.7. The Morgan fingerprint density at radius 3 is 2.75 bits per heavy atom. The molecule has 0 aliphatic rings. The van der Waals surface area contributed by atoms with Gasteiger partial charge in [0.15, 0.2) is 0 Å². The van der Waals surface area contributed by atoms with Crippen LogP contribution in [0.15, 0.2) is 24.4 Å². The number of hydrogen-bond donors (Lipinski definition) is 1. The van der Waals surface area contributed by atoms with Crippen LogP contribution in [0.3, 0.4) is 0 Å². The zero-order valence-electron chi connectivity index (χ0n) is 9.86. The summed E-state index contributed by atoms with van der Waals surface area (Å²) in [5.74, 6) is 0.146. The molecule has 1 atom stereocenters. The Labute approximate surface area is 103 Å². The Kier molecular flexibility index (Phi) is 6.01. The van der Waals surface area contributed by atoms with Crippen molar-refractivity contribution in [3.63, 3.8) is 0 Å². The van der Waals surface area contributed by atoms with Crippen molar-refractivity contribution >= 4 is 17.2 Å². The molecule has 1 aromatic heterocycles. The average molecular weight is 236 g/mol. The molecule has 16 heavy (non-hydrogen) atoms. The topological polar surface area (TPSA) is 38.9 Å².